The third kappa shape index (κ3) is 1.88. The summed E-state index contributed by atoms with van der Waals surface area (Å²) in [5, 5.41) is 3.77. The molecule has 0 aliphatic heterocycles. The van der Waals surface area contributed by atoms with Crippen molar-refractivity contribution in [1.29, 1.82) is 0 Å². The largest absolute Gasteiger partial charge is 0.290 e. The molecule has 1 aliphatic rings. The number of rotatable bonds is 1. The van der Waals surface area contributed by atoms with E-state index < -0.39 is 0 Å². The van der Waals surface area contributed by atoms with Gasteiger partial charge in [0.15, 0.2) is 0 Å². The second-order valence-corrected chi connectivity index (χ2v) is 5.41. The van der Waals surface area contributed by atoms with Gasteiger partial charge in [-0.15, -0.1) is 0 Å². The lowest BCUT2D eigenvalue weighted by atomic mass is 9.95. The number of H-pyrrole nitrogens is 1. The van der Waals surface area contributed by atoms with Gasteiger partial charge >= 0.3 is 0 Å². The van der Waals surface area contributed by atoms with E-state index in [0.717, 1.165) is 42.5 Å². The molecule has 0 saturated heterocycles. The van der Waals surface area contributed by atoms with Gasteiger partial charge in [-0.2, -0.15) is 0 Å². The maximum Gasteiger partial charge on any atom is 0.280 e. The highest BCUT2D eigenvalue weighted by molar-refractivity contribution is 5.81. The Balaban J connectivity index is 1.97. The number of aryl methyl sites for hydroxylation is 2. The number of halogens is 1. The van der Waals surface area contributed by atoms with Crippen LogP contribution in [0, 0.1) is 5.82 Å². The Kier molecular flexibility index (Phi) is 2.67. The zero-order valence-corrected chi connectivity index (χ0v) is 11.4. The Morgan fingerprint density at radius 2 is 1.90 bits per heavy atom. The van der Waals surface area contributed by atoms with Gasteiger partial charge in [0.1, 0.15) is 5.82 Å². The summed E-state index contributed by atoms with van der Waals surface area (Å²) in [6, 6.07) is 5.87. The van der Waals surface area contributed by atoms with Crippen LogP contribution in [0.4, 0.5) is 4.39 Å². The zero-order chi connectivity index (χ0) is 14.4. The van der Waals surface area contributed by atoms with E-state index in [-0.39, 0.29) is 11.4 Å². The Hall–Kier alpha value is -2.43. The van der Waals surface area contributed by atoms with Crippen LogP contribution in [0.15, 0.2) is 35.3 Å². The minimum absolute atomic E-state index is 0.141. The monoisotopic (exact) mass is 283 g/mol. The van der Waals surface area contributed by atoms with Crippen LogP contribution in [0.1, 0.15) is 24.1 Å². The van der Waals surface area contributed by atoms with Crippen LogP contribution >= 0.6 is 0 Å². The lowest BCUT2D eigenvalue weighted by molar-refractivity contribution is 0.627. The molecule has 106 valence electrons. The van der Waals surface area contributed by atoms with E-state index in [2.05, 4.69) is 10.1 Å². The molecule has 21 heavy (non-hydrogen) atoms. The first-order valence-electron chi connectivity index (χ1n) is 7.11. The maximum atomic E-state index is 13.0. The molecule has 0 bridgehead atoms. The lowest BCUT2D eigenvalue weighted by Crippen LogP contribution is -2.14. The summed E-state index contributed by atoms with van der Waals surface area (Å²) in [6.45, 7) is 0. The second-order valence-electron chi connectivity index (χ2n) is 5.41. The van der Waals surface area contributed by atoms with Crippen LogP contribution in [0.3, 0.4) is 0 Å². The van der Waals surface area contributed by atoms with Crippen LogP contribution in [0.5, 0.6) is 0 Å². The number of benzene rings is 1. The minimum Gasteiger partial charge on any atom is -0.290 e. The molecule has 0 saturated carbocycles. The molecule has 1 N–H and O–H groups in total. The molecule has 4 nitrogen and oxygen atoms in total. The highest BCUT2D eigenvalue weighted by Crippen LogP contribution is 2.25. The number of fused-ring (bicyclic) bond motifs is 3. The van der Waals surface area contributed by atoms with E-state index in [1.165, 1.54) is 16.8 Å². The van der Waals surface area contributed by atoms with Crippen molar-refractivity contribution in [2.75, 3.05) is 0 Å². The van der Waals surface area contributed by atoms with E-state index >= 15 is 0 Å². The predicted molar refractivity (Wildman–Crippen MR) is 78.3 cm³/mol. The van der Waals surface area contributed by atoms with Gasteiger partial charge in [0.25, 0.3) is 5.56 Å². The molecule has 0 unspecified atom stereocenters. The lowest BCUT2D eigenvalue weighted by Gasteiger charge is -2.14. The van der Waals surface area contributed by atoms with Gasteiger partial charge in [0.05, 0.1) is 16.6 Å². The van der Waals surface area contributed by atoms with Gasteiger partial charge in [-0.1, -0.05) is 0 Å². The Bertz CT molecular complexity index is 877. The van der Waals surface area contributed by atoms with Gasteiger partial charge in [-0.3, -0.25) is 14.9 Å². The Morgan fingerprint density at radius 3 is 2.71 bits per heavy atom. The first kappa shape index (κ1) is 12.3. The molecule has 0 amide bonds. The highest BCUT2D eigenvalue weighted by atomic mass is 19.1. The molecule has 1 aromatic carbocycles. The summed E-state index contributed by atoms with van der Waals surface area (Å²) in [5.74, 6) is -0.318. The van der Waals surface area contributed by atoms with Crippen molar-refractivity contribution in [2.24, 2.45) is 0 Å². The van der Waals surface area contributed by atoms with Gasteiger partial charge < -0.3 is 0 Å². The van der Waals surface area contributed by atoms with Gasteiger partial charge in [-0.05, 0) is 55.5 Å². The van der Waals surface area contributed by atoms with E-state index in [0.29, 0.717) is 11.1 Å². The Morgan fingerprint density at radius 1 is 1.14 bits per heavy atom. The molecule has 0 spiro atoms. The highest BCUT2D eigenvalue weighted by Gasteiger charge is 2.18. The summed E-state index contributed by atoms with van der Waals surface area (Å²) in [7, 11) is 0. The Labute approximate surface area is 120 Å². The van der Waals surface area contributed by atoms with Crippen LogP contribution in [0.2, 0.25) is 0 Å². The van der Waals surface area contributed by atoms with E-state index in [1.807, 2.05) is 0 Å². The van der Waals surface area contributed by atoms with Crippen molar-refractivity contribution in [2.45, 2.75) is 25.7 Å². The third-order valence-electron chi connectivity index (χ3n) is 4.10. The minimum atomic E-state index is -0.318. The van der Waals surface area contributed by atoms with Crippen LogP contribution < -0.4 is 5.56 Å². The van der Waals surface area contributed by atoms with Crippen LogP contribution in [-0.4, -0.2) is 14.8 Å². The molecule has 2 heterocycles. The number of pyridine rings is 1. The summed E-state index contributed by atoms with van der Waals surface area (Å²) < 4.78 is 14.5. The number of nitrogens with zero attached hydrogens (tertiary/aromatic N) is 2. The number of nitrogens with one attached hydrogen (secondary N) is 1. The topological polar surface area (TPSA) is 50.7 Å². The van der Waals surface area contributed by atoms with Crippen molar-refractivity contribution >= 4 is 10.9 Å². The molecular formula is C16H14FN3O. The van der Waals surface area contributed by atoms with Gasteiger partial charge in [0, 0.05) is 11.9 Å². The standard InChI is InChI=1S/C16H14FN3O/c17-10-5-7-11(8-6-10)20-16(21)13-9-18-14-4-2-1-3-12(14)15(13)19-20/h5-9,19H,1-4H2. The van der Waals surface area contributed by atoms with Crippen LogP contribution in [-0.2, 0) is 12.8 Å². The normalized spacial score (nSPS) is 14.3. The summed E-state index contributed by atoms with van der Waals surface area (Å²) in [6.07, 6.45) is 5.84. The second kappa shape index (κ2) is 4.55. The average Bonchev–Trinajstić information content (AvgIpc) is 2.86. The molecule has 0 radical (unpaired) electrons. The molecule has 4 rings (SSSR count). The van der Waals surface area contributed by atoms with Crippen molar-refractivity contribution in [1.82, 2.24) is 14.8 Å². The summed E-state index contributed by atoms with van der Waals surface area (Å²) >= 11 is 0. The van der Waals surface area contributed by atoms with E-state index in [1.54, 1.807) is 18.3 Å². The average molecular weight is 283 g/mol. The fraction of sp³-hybridized carbons (Fsp3) is 0.250. The number of hydrogen-bond acceptors (Lipinski definition) is 2. The number of hydrogen-bond donors (Lipinski definition) is 1. The first-order chi connectivity index (χ1) is 10.2. The number of aromatic amines is 1. The number of aromatic nitrogens is 3. The van der Waals surface area contributed by atoms with Crippen molar-refractivity contribution in [3.05, 3.63) is 57.9 Å². The quantitative estimate of drug-likeness (QED) is 0.746. The molecule has 3 aromatic rings. The smallest absolute Gasteiger partial charge is 0.280 e. The SMILES string of the molecule is O=c1c2cnc3c(c2[nH]n1-c1ccc(F)cc1)CCCC3. The third-order valence-corrected chi connectivity index (χ3v) is 4.10. The predicted octanol–water partition coefficient (Wildman–Crippen LogP) is 2.73. The fourth-order valence-corrected chi connectivity index (χ4v) is 3.02. The van der Waals surface area contributed by atoms with Gasteiger partial charge in [-0.25, -0.2) is 9.07 Å². The molecule has 0 atom stereocenters. The maximum absolute atomic E-state index is 13.0. The molecule has 5 heteroatoms. The van der Waals surface area contributed by atoms with Crippen LogP contribution in [0.25, 0.3) is 16.6 Å². The van der Waals surface area contributed by atoms with Crippen molar-refractivity contribution in [3.8, 4) is 5.69 Å². The van der Waals surface area contributed by atoms with Gasteiger partial charge in [0.2, 0.25) is 0 Å². The molecule has 0 fully saturated rings. The summed E-state index contributed by atoms with van der Waals surface area (Å²) in [4.78, 5) is 16.9. The van der Waals surface area contributed by atoms with Crippen molar-refractivity contribution in [3.63, 3.8) is 0 Å². The van der Waals surface area contributed by atoms with Crippen molar-refractivity contribution < 1.29 is 4.39 Å². The first-order valence-corrected chi connectivity index (χ1v) is 7.11. The van der Waals surface area contributed by atoms with E-state index in [9.17, 15) is 9.18 Å². The van der Waals surface area contributed by atoms with E-state index in [4.69, 9.17) is 0 Å². The molecule has 2 aromatic heterocycles. The zero-order valence-electron chi connectivity index (χ0n) is 11.4. The molecular weight excluding hydrogens is 269 g/mol. The molecule has 1 aliphatic carbocycles. The fourth-order valence-electron chi connectivity index (χ4n) is 3.02. The summed E-state index contributed by atoms with van der Waals surface area (Å²) in [5.41, 5.74) is 3.59.